The SMILES string of the molecule is CCCNCCN(CCC)C(c1ccccc1)c1ccccc1. The van der Waals surface area contributed by atoms with E-state index in [9.17, 15) is 0 Å². The molecule has 0 atom stereocenters. The van der Waals surface area contributed by atoms with Gasteiger partial charge < -0.3 is 5.32 Å². The molecule has 0 unspecified atom stereocenters. The second-order valence-electron chi connectivity index (χ2n) is 6.01. The summed E-state index contributed by atoms with van der Waals surface area (Å²) in [5, 5.41) is 3.54. The molecule has 0 saturated carbocycles. The van der Waals surface area contributed by atoms with Crippen LogP contribution < -0.4 is 5.32 Å². The zero-order valence-electron chi connectivity index (χ0n) is 14.5. The minimum atomic E-state index is 0.334. The molecule has 2 heteroatoms. The van der Waals surface area contributed by atoms with E-state index in [0.717, 1.165) is 26.2 Å². The van der Waals surface area contributed by atoms with Gasteiger partial charge in [0.2, 0.25) is 0 Å². The topological polar surface area (TPSA) is 15.3 Å². The highest BCUT2D eigenvalue weighted by Gasteiger charge is 2.21. The van der Waals surface area contributed by atoms with E-state index in [1.54, 1.807) is 0 Å². The van der Waals surface area contributed by atoms with Crippen LogP contribution in [0.15, 0.2) is 60.7 Å². The van der Waals surface area contributed by atoms with Gasteiger partial charge in [-0.1, -0.05) is 74.5 Å². The normalized spacial score (nSPS) is 11.3. The summed E-state index contributed by atoms with van der Waals surface area (Å²) in [5.41, 5.74) is 2.75. The van der Waals surface area contributed by atoms with Crippen molar-refractivity contribution in [3.8, 4) is 0 Å². The first-order chi connectivity index (χ1) is 11.4. The van der Waals surface area contributed by atoms with Gasteiger partial charge in [0.1, 0.15) is 0 Å². The number of nitrogens with one attached hydrogen (secondary N) is 1. The van der Waals surface area contributed by atoms with E-state index in [4.69, 9.17) is 0 Å². The monoisotopic (exact) mass is 310 g/mol. The summed E-state index contributed by atoms with van der Waals surface area (Å²) in [6.45, 7) is 8.81. The maximum Gasteiger partial charge on any atom is 0.0602 e. The van der Waals surface area contributed by atoms with E-state index in [2.05, 4.69) is 84.7 Å². The molecule has 0 aliphatic rings. The summed E-state index contributed by atoms with van der Waals surface area (Å²) in [7, 11) is 0. The molecule has 0 heterocycles. The van der Waals surface area contributed by atoms with Crippen molar-refractivity contribution in [2.24, 2.45) is 0 Å². The molecule has 0 saturated heterocycles. The van der Waals surface area contributed by atoms with Gasteiger partial charge in [0.05, 0.1) is 6.04 Å². The van der Waals surface area contributed by atoms with E-state index in [0.29, 0.717) is 6.04 Å². The Hall–Kier alpha value is -1.64. The molecule has 2 nitrogen and oxygen atoms in total. The minimum Gasteiger partial charge on any atom is -0.315 e. The molecule has 0 bridgehead atoms. The third-order valence-corrected chi connectivity index (χ3v) is 4.11. The van der Waals surface area contributed by atoms with E-state index in [1.165, 1.54) is 24.0 Å². The summed E-state index contributed by atoms with van der Waals surface area (Å²) in [6, 6.07) is 22.1. The molecule has 0 radical (unpaired) electrons. The number of benzene rings is 2. The lowest BCUT2D eigenvalue weighted by molar-refractivity contribution is 0.226. The first kappa shape index (κ1) is 17.7. The van der Waals surface area contributed by atoms with Crippen molar-refractivity contribution >= 4 is 0 Å². The Bertz CT molecular complexity index is 485. The van der Waals surface area contributed by atoms with Crippen molar-refractivity contribution in [1.82, 2.24) is 10.2 Å². The Morgan fingerprint density at radius 2 is 1.30 bits per heavy atom. The smallest absolute Gasteiger partial charge is 0.0602 e. The average Bonchev–Trinajstić information content (AvgIpc) is 2.61. The summed E-state index contributed by atoms with van der Waals surface area (Å²) in [4.78, 5) is 2.60. The fraction of sp³-hybridized carbons (Fsp3) is 0.429. The van der Waals surface area contributed by atoms with Crippen LogP contribution in [0.2, 0.25) is 0 Å². The molecular formula is C21H30N2. The Morgan fingerprint density at radius 3 is 1.78 bits per heavy atom. The molecule has 0 aliphatic carbocycles. The lowest BCUT2D eigenvalue weighted by Gasteiger charge is -2.32. The standard InChI is InChI=1S/C21H30N2/c1-3-15-22-16-18-23(17-4-2)21(19-11-7-5-8-12-19)20-13-9-6-10-14-20/h5-14,21-22H,3-4,15-18H2,1-2H3. The molecule has 0 aliphatic heterocycles. The van der Waals surface area contributed by atoms with Gasteiger partial charge in [-0.25, -0.2) is 0 Å². The molecule has 124 valence electrons. The zero-order chi connectivity index (χ0) is 16.3. The highest BCUT2D eigenvalue weighted by molar-refractivity contribution is 5.31. The first-order valence-electron chi connectivity index (χ1n) is 8.91. The predicted octanol–water partition coefficient (Wildman–Crippen LogP) is 4.49. The van der Waals surface area contributed by atoms with Crippen LogP contribution >= 0.6 is 0 Å². The summed E-state index contributed by atoms with van der Waals surface area (Å²) >= 11 is 0. The Kier molecular flexibility index (Phi) is 7.85. The molecule has 0 spiro atoms. The van der Waals surface area contributed by atoms with Gasteiger partial charge in [-0.05, 0) is 37.1 Å². The Labute approximate surface area is 141 Å². The molecule has 2 aromatic rings. The van der Waals surface area contributed by atoms with Gasteiger partial charge in [-0.2, -0.15) is 0 Å². The lowest BCUT2D eigenvalue weighted by Crippen LogP contribution is -2.36. The molecule has 0 aromatic heterocycles. The van der Waals surface area contributed by atoms with E-state index in [-0.39, 0.29) is 0 Å². The molecule has 23 heavy (non-hydrogen) atoms. The molecule has 0 amide bonds. The van der Waals surface area contributed by atoms with E-state index in [1.807, 2.05) is 0 Å². The quantitative estimate of drug-likeness (QED) is 0.651. The molecule has 2 aromatic carbocycles. The maximum absolute atomic E-state index is 3.54. The van der Waals surface area contributed by atoms with Gasteiger partial charge >= 0.3 is 0 Å². The van der Waals surface area contributed by atoms with Gasteiger partial charge in [-0.3, -0.25) is 4.90 Å². The fourth-order valence-corrected chi connectivity index (χ4v) is 3.07. The van der Waals surface area contributed by atoms with Gasteiger partial charge in [0.25, 0.3) is 0 Å². The lowest BCUT2D eigenvalue weighted by atomic mass is 9.97. The average molecular weight is 310 g/mol. The molecule has 0 fully saturated rings. The van der Waals surface area contributed by atoms with Crippen molar-refractivity contribution in [3.05, 3.63) is 71.8 Å². The van der Waals surface area contributed by atoms with Gasteiger partial charge in [-0.15, -0.1) is 0 Å². The Balaban J connectivity index is 2.22. The molecular weight excluding hydrogens is 280 g/mol. The second kappa shape index (κ2) is 10.2. The number of hydrogen-bond acceptors (Lipinski definition) is 2. The summed E-state index contributed by atoms with van der Waals surface area (Å²) < 4.78 is 0. The fourth-order valence-electron chi connectivity index (χ4n) is 3.07. The highest BCUT2D eigenvalue weighted by atomic mass is 15.2. The molecule has 2 rings (SSSR count). The number of nitrogens with zero attached hydrogens (tertiary/aromatic N) is 1. The van der Waals surface area contributed by atoms with Crippen molar-refractivity contribution in [2.75, 3.05) is 26.2 Å². The van der Waals surface area contributed by atoms with Gasteiger partial charge in [0, 0.05) is 13.1 Å². The van der Waals surface area contributed by atoms with E-state index >= 15 is 0 Å². The number of rotatable bonds is 10. The van der Waals surface area contributed by atoms with Crippen molar-refractivity contribution < 1.29 is 0 Å². The van der Waals surface area contributed by atoms with Crippen molar-refractivity contribution in [3.63, 3.8) is 0 Å². The van der Waals surface area contributed by atoms with Crippen LogP contribution in [0.5, 0.6) is 0 Å². The Morgan fingerprint density at radius 1 is 0.739 bits per heavy atom. The van der Waals surface area contributed by atoms with Crippen LogP contribution in [0.3, 0.4) is 0 Å². The summed E-state index contributed by atoms with van der Waals surface area (Å²) in [5.74, 6) is 0. The van der Waals surface area contributed by atoms with E-state index < -0.39 is 0 Å². The summed E-state index contributed by atoms with van der Waals surface area (Å²) in [6.07, 6.45) is 2.36. The van der Waals surface area contributed by atoms with Crippen LogP contribution in [0, 0.1) is 0 Å². The highest BCUT2D eigenvalue weighted by Crippen LogP contribution is 2.28. The minimum absolute atomic E-state index is 0.334. The molecule has 1 N–H and O–H groups in total. The first-order valence-corrected chi connectivity index (χ1v) is 8.91. The third kappa shape index (κ3) is 5.49. The van der Waals surface area contributed by atoms with Gasteiger partial charge in [0.15, 0.2) is 0 Å². The van der Waals surface area contributed by atoms with Crippen LogP contribution in [0.1, 0.15) is 43.9 Å². The maximum atomic E-state index is 3.54. The van der Waals surface area contributed by atoms with Crippen LogP contribution in [-0.4, -0.2) is 31.1 Å². The second-order valence-corrected chi connectivity index (χ2v) is 6.01. The zero-order valence-corrected chi connectivity index (χ0v) is 14.5. The van der Waals surface area contributed by atoms with Crippen molar-refractivity contribution in [1.29, 1.82) is 0 Å². The largest absolute Gasteiger partial charge is 0.315 e. The van der Waals surface area contributed by atoms with Crippen LogP contribution in [0.4, 0.5) is 0 Å². The third-order valence-electron chi connectivity index (χ3n) is 4.11. The predicted molar refractivity (Wildman–Crippen MR) is 99.8 cm³/mol. The van der Waals surface area contributed by atoms with Crippen molar-refractivity contribution in [2.45, 2.75) is 32.7 Å². The number of hydrogen-bond donors (Lipinski definition) is 1. The van der Waals surface area contributed by atoms with Crippen LogP contribution in [0.25, 0.3) is 0 Å². The van der Waals surface area contributed by atoms with Crippen LogP contribution in [-0.2, 0) is 0 Å².